The van der Waals surface area contributed by atoms with Crippen LogP contribution in [0.1, 0.15) is 31.1 Å². The number of hydrogen-bond donors (Lipinski definition) is 2. The Labute approximate surface area is 131 Å². The molecule has 0 saturated heterocycles. The lowest BCUT2D eigenvalue weighted by Crippen LogP contribution is -2.37. The Morgan fingerprint density at radius 1 is 1.18 bits per heavy atom. The van der Waals surface area contributed by atoms with Crippen molar-refractivity contribution in [2.75, 3.05) is 32.1 Å². The van der Waals surface area contributed by atoms with Crippen LogP contribution in [-0.2, 0) is 4.74 Å². The third-order valence-electron chi connectivity index (χ3n) is 2.55. The SMILES string of the molecule is CN(C)c1ccc(C(=O)NCCNC(=O)OC(C)(C)C)cn1. The highest BCUT2D eigenvalue weighted by atomic mass is 16.6. The van der Waals surface area contributed by atoms with Crippen LogP contribution >= 0.6 is 0 Å². The molecule has 0 aliphatic heterocycles. The first-order valence-electron chi connectivity index (χ1n) is 7.07. The Hall–Kier alpha value is -2.31. The number of pyridine rings is 1. The number of ether oxygens (including phenoxy) is 1. The minimum atomic E-state index is -0.535. The van der Waals surface area contributed by atoms with Crippen molar-refractivity contribution in [2.24, 2.45) is 0 Å². The zero-order valence-electron chi connectivity index (χ0n) is 13.8. The van der Waals surface area contributed by atoms with Gasteiger partial charge in [0.05, 0.1) is 5.56 Å². The normalized spacial score (nSPS) is 10.8. The van der Waals surface area contributed by atoms with Gasteiger partial charge in [0.25, 0.3) is 5.91 Å². The third kappa shape index (κ3) is 6.43. The molecule has 0 aromatic carbocycles. The first-order chi connectivity index (χ1) is 10.2. The van der Waals surface area contributed by atoms with Gasteiger partial charge in [-0.05, 0) is 32.9 Å². The van der Waals surface area contributed by atoms with Crippen molar-refractivity contribution in [1.29, 1.82) is 0 Å². The molecule has 0 fully saturated rings. The van der Waals surface area contributed by atoms with E-state index in [4.69, 9.17) is 4.74 Å². The maximum absolute atomic E-state index is 11.9. The van der Waals surface area contributed by atoms with Crippen LogP contribution in [0.2, 0.25) is 0 Å². The fourth-order valence-electron chi connectivity index (χ4n) is 1.54. The molecule has 7 nitrogen and oxygen atoms in total. The summed E-state index contributed by atoms with van der Waals surface area (Å²) in [5.74, 6) is 0.548. The van der Waals surface area contributed by atoms with Gasteiger partial charge in [-0.3, -0.25) is 4.79 Å². The summed E-state index contributed by atoms with van der Waals surface area (Å²) in [5, 5.41) is 5.27. The molecule has 1 rings (SSSR count). The molecule has 0 radical (unpaired) electrons. The van der Waals surface area contributed by atoms with E-state index in [1.165, 1.54) is 6.20 Å². The molecule has 7 heteroatoms. The topological polar surface area (TPSA) is 83.6 Å². The van der Waals surface area contributed by atoms with E-state index in [1.807, 2.05) is 19.0 Å². The van der Waals surface area contributed by atoms with Crippen molar-refractivity contribution < 1.29 is 14.3 Å². The van der Waals surface area contributed by atoms with E-state index in [1.54, 1.807) is 32.9 Å². The van der Waals surface area contributed by atoms with E-state index in [-0.39, 0.29) is 5.91 Å². The van der Waals surface area contributed by atoms with E-state index >= 15 is 0 Å². The van der Waals surface area contributed by atoms with Crippen LogP contribution < -0.4 is 15.5 Å². The van der Waals surface area contributed by atoms with Gasteiger partial charge >= 0.3 is 6.09 Å². The predicted molar refractivity (Wildman–Crippen MR) is 85.1 cm³/mol. The lowest BCUT2D eigenvalue weighted by molar-refractivity contribution is 0.0526. The molecule has 0 aliphatic rings. The number of carbonyl (C=O) groups excluding carboxylic acids is 2. The number of nitrogens with one attached hydrogen (secondary N) is 2. The molecular weight excluding hydrogens is 284 g/mol. The molecule has 1 heterocycles. The second-order valence-electron chi connectivity index (χ2n) is 5.98. The predicted octanol–water partition coefficient (Wildman–Crippen LogP) is 1.40. The number of hydrogen-bond acceptors (Lipinski definition) is 5. The molecule has 122 valence electrons. The Balaban J connectivity index is 2.33. The average Bonchev–Trinajstić information content (AvgIpc) is 2.41. The molecule has 2 amide bonds. The van der Waals surface area contributed by atoms with Gasteiger partial charge in [0, 0.05) is 33.4 Å². The number of aromatic nitrogens is 1. The minimum Gasteiger partial charge on any atom is -0.444 e. The Kier molecular flexibility index (Phi) is 6.15. The molecule has 0 saturated carbocycles. The molecule has 0 bridgehead atoms. The monoisotopic (exact) mass is 308 g/mol. The number of rotatable bonds is 5. The summed E-state index contributed by atoms with van der Waals surface area (Å²) in [6.45, 7) is 5.98. The van der Waals surface area contributed by atoms with Crippen LogP contribution in [0.3, 0.4) is 0 Å². The van der Waals surface area contributed by atoms with Gasteiger partial charge in [-0.25, -0.2) is 9.78 Å². The molecule has 1 aromatic rings. The largest absolute Gasteiger partial charge is 0.444 e. The maximum atomic E-state index is 11.9. The van der Waals surface area contributed by atoms with Crippen LogP contribution in [0.4, 0.5) is 10.6 Å². The van der Waals surface area contributed by atoms with Gasteiger partial charge in [-0.1, -0.05) is 0 Å². The zero-order valence-corrected chi connectivity index (χ0v) is 13.8. The first-order valence-corrected chi connectivity index (χ1v) is 7.07. The van der Waals surface area contributed by atoms with Gasteiger partial charge in [0.2, 0.25) is 0 Å². The lowest BCUT2D eigenvalue weighted by atomic mass is 10.2. The second-order valence-corrected chi connectivity index (χ2v) is 5.98. The van der Waals surface area contributed by atoms with Crippen LogP contribution in [0, 0.1) is 0 Å². The maximum Gasteiger partial charge on any atom is 0.407 e. The van der Waals surface area contributed by atoms with E-state index in [0.29, 0.717) is 18.7 Å². The molecule has 22 heavy (non-hydrogen) atoms. The summed E-state index contributed by atoms with van der Waals surface area (Å²) in [6, 6.07) is 3.48. The van der Waals surface area contributed by atoms with Gasteiger partial charge in [-0.15, -0.1) is 0 Å². The van der Waals surface area contributed by atoms with Crippen LogP contribution in [0.5, 0.6) is 0 Å². The Morgan fingerprint density at radius 2 is 1.82 bits per heavy atom. The minimum absolute atomic E-state index is 0.233. The highest BCUT2D eigenvalue weighted by molar-refractivity contribution is 5.94. The number of alkyl carbamates (subject to hydrolysis) is 1. The van der Waals surface area contributed by atoms with Gasteiger partial charge < -0.3 is 20.3 Å². The molecule has 2 N–H and O–H groups in total. The van der Waals surface area contributed by atoms with E-state index < -0.39 is 11.7 Å². The summed E-state index contributed by atoms with van der Waals surface area (Å²) in [6.07, 6.45) is 1.02. The van der Waals surface area contributed by atoms with E-state index in [0.717, 1.165) is 5.82 Å². The molecule has 1 aromatic heterocycles. The van der Waals surface area contributed by atoms with E-state index in [9.17, 15) is 9.59 Å². The zero-order chi connectivity index (χ0) is 16.8. The van der Waals surface area contributed by atoms with Crippen molar-refractivity contribution in [3.05, 3.63) is 23.9 Å². The highest BCUT2D eigenvalue weighted by Crippen LogP contribution is 2.07. The number of amides is 2. The molecule has 0 aliphatic carbocycles. The standard InChI is InChI=1S/C15H24N4O3/c1-15(2,3)22-14(21)17-9-8-16-13(20)11-6-7-12(18-10-11)19(4)5/h6-7,10H,8-9H2,1-5H3,(H,16,20)(H,17,21). The van der Waals surface area contributed by atoms with Gasteiger partial charge in [0.1, 0.15) is 11.4 Å². The Morgan fingerprint density at radius 3 is 2.32 bits per heavy atom. The first kappa shape index (κ1) is 17.7. The Bertz CT molecular complexity index is 507. The molecule has 0 atom stereocenters. The lowest BCUT2D eigenvalue weighted by Gasteiger charge is -2.19. The van der Waals surface area contributed by atoms with Crippen molar-refractivity contribution in [3.63, 3.8) is 0 Å². The number of anilines is 1. The fourth-order valence-corrected chi connectivity index (χ4v) is 1.54. The summed E-state index contributed by atoms with van der Waals surface area (Å²) in [4.78, 5) is 29.3. The van der Waals surface area contributed by atoms with Crippen LogP contribution in [0.15, 0.2) is 18.3 Å². The average molecular weight is 308 g/mol. The summed E-state index contributed by atoms with van der Waals surface area (Å²) < 4.78 is 5.09. The fraction of sp³-hybridized carbons (Fsp3) is 0.533. The molecule has 0 unspecified atom stereocenters. The van der Waals surface area contributed by atoms with Crippen molar-refractivity contribution in [1.82, 2.24) is 15.6 Å². The summed E-state index contributed by atoms with van der Waals surface area (Å²) >= 11 is 0. The van der Waals surface area contributed by atoms with Crippen LogP contribution in [0.25, 0.3) is 0 Å². The van der Waals surface area contributed by atoms with Gasteiger partial charge in [-0.2, -0.15) is 0 Å². The summed E-state index contributed by atoms with van der Waals surface area (Å²) in [7, 11) is 3.76. The summed E-state index contributed by atoms with van der Waals surface area (Å²) in [5.41, 5.74) is -0.0597. The van der Waals surface area contributed by atoms with Crippen LogP contribution in [-0.4, -0.2) is 49.8 Å². The van der Waals surface area contributed by atoms with Crippen molar-refractivity contribution in [2.45, 2.75) is 26.4 Å². The molecular formula is C15H24N4O3. The smallest absolute Gasteiger partial charge is 0.407 e. The highest BCUT2D eigenvalue weighted by Gasteiger charge is 2.15. The third-order valence-corrected chi connectivity index (χ3v) is 2.55. The number of nitrogens with zero attached hydrogens (tertiary/aromatic N) is 2. The van der Waals surface area contributed by atoms with Gasteiger partial charge in [0.15, 0.2) is 0 Å². The van der Waals surface area contributed by atoms with E-state index in [2.05, 4.69) is 15.6 Å². The quantitative estimate of drug-likeness (QED) is 0.803. The number of carbonyl (C=O) groups is 2. The van der Waals surface area contributed by atoms with Crippen molar-refractivity contribution >= 4 is 17.8 Å². The second kappa shape index (κ2) is 7.63. The molecule has 0 spiro atoms. The van der Waals surface area contributed by atoms with Crippen molar-refractivity contribution in [3.8, 4) is 0 Å².